The normalized spacial score (nSPS) is 10.9. The lowest BCUT2D eigenvalue weighted by Gasteiger charge is -2.09. The molecule has 1 unspecified atom stereocenters. The number of nitriles is 2. The van der Waals surface area contributed by atoms with Crippen molar-refractivity contribution in [2.24, 2.45) is 5.92 Å². The van der Waals surface area contributed by atoms with E-state index in [1.165, 1.54) is 0 Å². The lowest BCUT2D eigenvalue weighted by molar-refractivity contribution is -0.122. The van der Waals surface area contributed by atoms with Crippen LogP contribution in [0.5, 0.6) is 0 Å². The summed E-state index contributed by atoms with van der Waals surface area (Å²) in [6, 6.07) is 10.2. The third kappa shape index (κ3) is 3.93. The molecule has 0 heterocycles. The van der Waals surface area contributed by atoms with Gasteiger partial charge in [0.1, 0.15) is 0 Å². The fourth-order valence-corrected chi connectivity index (χ4v) is 1.68. The fraction of sp³-hybridized carbons (Fsp3) is 0.333. The van der Waals surface area contributed by atoms with Crippen LogP contribution in [0, 0.1) is 28.6 Å². The van der Waals surface area contributed by atoms with Crippen molar-refractivity contribution in [2.75, 3.05) is 6.54 Å². The molecule has 1 aromatic rings. The number of nitrogens with zero attached hydrogens (tertiary/aromatic N) is 2. The molecule has 1 atom stereocenters. The molecule has 5 nitrogen and oxygen atoms in total. The van der Waals surface area contributed by atoms with Gasteiger partial charge in [-0.2, -0.15) is 10.5 Å². The summed E-state index contributed by atoms with van der Waals surface area (Å²) in [4.78, 5) is 23.9. The number of Topliss-reactive ketones (excluding diaryl/α,β-unsaturated/α-hetero) is 1. The van der Waals surface area contributed by atoms with Crippen LogP contribution in [0.25, 0.3) is 0 Å². The lowest BCUT2D eigenvalue weighted by Crippen LogP contribution is -2.35. The predicted octanol–water partition coefficient (Wildman–Crippen LogP) is 1.60. The van der Waals surface area contributed by atoms with Gasteiger partial charge in [0.05, 0.1) is 18.6 Å². The van der Waals surface area contributed by atoms with Gasteiger partial charge in [0.2, 0.25) is 5.91 Å². The number of nitrogens with one attached hydrogen (secondary N) is 1. The summed E-state index contributed by atoms with van der Waals surface area (Å²) in [7, 11) is 0. The third-order valence-corrected chi connectivity index (χ3v) is 2.70. The molecule has 0 saturated carbocycles. The topological polar surface area (TPSA) is 93.8 Å². The fourth-order valence-electron chi connectivity index (χ4n) is 1.68. The average Bonchev–Trinajstić information content (AvgIpc) is 2.46. The van der Waals surface area contributed by atoms with Crippen LogP contribution in [0.3, 0.4) is 0 Å². The first-order valence-electron chi connectivity index (χ1n) is 6.31. The van der Waals surface area contributed by atoms with Crippen LogP contribution < -0.4 is 5.32 Å². The Bertz CT molecular complexity index is 582. The molecule has 0 bridgehead atoms. The van der Waals surface area contributed by atoms with Crippen LogP contribution in [0.2, 0.25) is 0 Å². The Labute approximate surface area is 117 Å². The zero-order valence-electron chi connectivity index (χ0n) is 11.2. The van der Waals surface area contributed by atoms with E-state index in [9.17, 15) is 9.59 Å². The highest BCUT2D eigenvalue weighted by molar-refractivity contribution is 6.12. The van der Waals surface area contributed by atoms with Crippen molar-refractivity contribution in [3.8, 4) is 12.1 Å². The van der Waals surface area contributed by atoms with Crippen LogP contribution in [-0.2, 0) is 11.2 Å². The van der Waals surface area contributed by atoms with Crippen molar-refractivity contribution in [1.29, 1.82) is 10.5 Å². The van der Waals surface area contributed by atoms with Gasteiger partial charge in [-0.05, 0) is 18.1 Å². The highest BCUT2D eigenvalue weighted by atomic mass is 16.2. The third-order valence-electron chi connectivity index (χ3n) is 2.70. The Kier molecular flexibility index (Phi) is 5.93. The quantitative estimate of drug-likeness (QED) is 0.627. The van der Waals surface area contributed by atoms with Crippen molar-refractivity contribution >= 4 is 11.7 Å². The van der Waals surface area contributed by atoms with E-state index in [1.807, 2.05) is 13.0 Å². The second kappa shape index (κ2) is 7.70. The Hall–Kier alpha value is -2.66. The molecule has 1 N–H and O–H groups in total. The SMILES string of the molecule is CCCNC(=O)C(C#N)C(=O)c1cccc(CC#N)c1. The van der Waals surface area contributed by atoms with Gasteiger partial charge >= 0.3 is 0 Å². The first-order chi connectivity index (χ1) is 9.63. The minimum Gasteiger partial charge on any atom is -0.355 e. The van der Waals surface area contributed by atoms with Gasteiger partial charge in [-0.3, -0.25) is 9.59 Å². The number of hydrogen-bond donors (Lipinski definition) is 1. The van der Waals surface area contributed by atoms with Crippen LogP contribution in [0.1, 0.15) is 29.3 Å². The van der Waals surface area contributed by atoms with Crippen LogP contribution >= 0.6 is 0 Å². The van der Waals surface area contributed by atoms with Crippen molar-refractivity contribution < 1.29 is 9.59 Å². The van der Waals surface area contributed by atoms with Gasteiger partial charge in [-0.15, -0.1) is 0 Å². The van der Waals surface area contributed by atoms with E-state index in [1.54, 1.807) is 30.3 Å². The first-order valence-corrected chi connectivity index (χ1v) is 6.31. The maximum Gasteiger partial charge on any atom is 0.245 e. The zero-order valence-corrected chi connectivity index (χ0v) is 11.2. The Morgan fingerprint density at radius 3 is 2.70 bits per heavy atom. The van der Waals surface area contributed by atoms with E-state index in [-0.39, 0.29) is 12.0 Å². The summed E-state index contributed by atoms with van der Waals surface area (Å²) in [5, 5.41) is 20.2. The molecule has 0 fully saturated rings. The van der Waals surface area contributed by atoms with E-state index in [0.717, 1.165) is 6.42 Å². The molecule has 0 aliphatic carbocycles. The minimum absolute atomic E-state index is 0.181. The summed E-state index contributed by atoms with van der Waals surface area (Å²) in [5.41, 5.74) is 0.958. The number of benzene rings is 1. The lowest BCUT2D eigenvalue weighted by atomic mass is 9.96. The molecule has 0 spiro atoms. The molecule has 0 aliphatic rings. The first kappa shape index (κ1) is 15.4. The van der Waals surface area contributed by atoms with E-state index in [2.05, 4.69) is 5.32 Å². The maximum atomic E-state index is 12.2. The number of rotatable bonds is 6. The van der Waals surface area contributed by atoms with Crippen molar-refractivity contribution in [2.45, 2.75) is 19.8 Å². The van der Waals surface area contributed by atoms with E-state index in [4.69, 9.17) is 10.5 Å². The van der Waals surface area contributed by atoms with Gasteiger partial charge < -0.3 is 5.32 Å². The van der Waals surface area contributed by atoms with Gasteiger partial charge in [0.25, 0.3) is 0 Å². The number of hydrogen-bond acceptors (Lipinski definition) is 4. The number of carbonyl (C=O) groups excluding carboxylic acids is 2. The van der Waals surface area contributed by atoms with Crippen molar-refractivity contribution in [3.05, 3.63) is 35.4 Å². The number of ketones is 1. The summed E-state index contributed by atoms with van der Waals surface area (Å²) in [5.74, 6) is -2.47. The maximum absolute atomic E-state index is 12.2. The zero-order chi connectivity index (χ0) is 15.0. The Morgan fingerprint density at radius 1 is 1.35 bits per heavy atom. The molecule has 0 aromatic heterocycles. The van der Waals surface area contributed by atoms with Crippen LogP contribution in [0.4, 0.5) is 0 Å². The monoisotopic (exact) mass is 269 g/mol. The molecule has 20 heavy (non-hydrogen) atoms. The van der Waals surface area contributed by atoms with Gasteiger partial charge in [0, 0.05) is 12.1 Å². The molecule has 5 heteroatoms. The minimum atomic E-state index is -1.35. The molecular formula is C15H15N3O2. The Balaban J connectivity index is 2.92. The van der Waals surface area contributed by atoms with Crippen LogP contribution in [-0.4, -0.2) is 18.2 Å². The molecule has 0 radical (unpaired) electrons. The summed E-state index contributed by atoms with van der Waals surface area (Å²) >= 11 is 0. The molecule has 0 saturated heterocycles. The summed E-state index contributed by atoms with van der Waals surface area (Å²) in [6.07, 6.45) is 0.913. The number of amides is 1. The molecule has 1 amide bonds. The average molecular weight is 269 g/mol. The van der Waals surface area contributed by atoms with Gasteiger partial charge in [-0.1, -0.05) is 25.1 Å². The Morgan fingerprint density at radius 2 is 2.10 bits per heavy atom. The molecule has 102 valence electrons. The number of carbonyl (C=O) groups is 2. The summed E-state index contributed by atoms with van der Waals surface area (Å²) in [6.45, 7) is 2.31. The van der Waals surface area contributed by atoms with Crippen molar-refractivity contribution in [1.82, 2.24) is 5.32 Å². The van der Waals surface area contributed by atoms with Gasteiger partial charge in [0.15, 0.2) is 11.7 Å². The highest BCUT2D eigenvalue weighted by Gasteiger charge is 2.27. The van der Waals surface area contributed by atoms with Crippen molar-refractivity contribution in [3.63, 3.8) is 0 Å². The summed E-state index contributed by atoms with van der Waals surface area (Å²) < 4.78 is 0. The molecule has 0 aliphatic heterocycles. The second-order valence-electron chi connectivity index (χ2n) is 4.25. The molecule has 1 rings (SSSR count). The standard InChI is InChI=1S/C15H15N3O2/c1-2-8-18-15(20)13(10-17)14(19)12-5-3-4-11(9-12)6-7-16/h3-5,9,13H,2,6,8H2,1H3,(H,18,20). The molecular weight excluding hydrogens is 254 g/mol. The predicted molar refractivity (Wildman–Crippen MR) is 72.5 cm³/mol. The van der Waals surface area contributed by atoms with E-state index < -0.39 is 17.6 Å². The molecule has 1 aromatic carbocycles. The van der Waals surface area contributed by atoms with Crippen LogP contribution in [0.15, 0.2) is 24.3 Å². The largest absolute Gasteiger partial charge is 0.355 e. The van der Waals surface area contributed by atoms with E-state index >= 15 is 0 Å². The van der Waals surface area contributed by atoms with Gasteiger partial charge in [-0.25, -0.2) is 0 Å². The smallest absolute Gasteiger partial charge is 0.245 e. The van der Waals surface area contributed by atoms with E-state index in [0.29, 0.717) is 12.1 Å². The second-order valence-corrected chi connectivity index (χ2v) is 4.25. The highest BCUT2D eigenvalue weighted by Crippen LogP contribution is 2.12.